The minimum Gasteiger partial charge on any atom is -0.497 e. The van der Waals surface area contributed by atoms with Crippen LogP contribution in [0.5, 0.6) is 5.75 Å². The van der Waals surface area contributed by atoms with Crippen LogP contribution in [-0.2, 0) is 12.8 Å². The van der Waals surface area contributed by atoms with Gasteiger partial charge in [-0.3, -0.25) is 0 Å². The number of rotatable bonds is 3. The molecule has 0 saturated heterocycles. The Morgan fingerprint density at radius 3 is 2.87 bits per heavy atom. The number of ether oxygens (including phenoxy) is 1. The van der Waals surface area contributed by atoms with Crippen molar-refractivity contribution in [3.8, 4) is 5.75 Å². The number of anilines is 1. The van der Waals surface area contributed by atoms with E-state index >= 15 is 0 Å². The molecule has 2 aromatic heterocycles. The van der Waals surface area contributed by atoms with Crippen LogP contribution in [0.1, 0.15) is 16.8 Å². The van der Waals surface area contributed by atoms with Crippen molar-refractivity contribution in [3.63, 3.8) is 0 Å². The number of hydrogen-bond donors (Lipinski definition) is 1. The minimum absolute atomic E-state index is 0.289. The van der Waals surface area contributed by atoms with Gasteiger partial charge in [-0.1, -0.05) is 6.07 Å². The molecule has 0 amide bonds. The Hall–Kier alpha value is -2.76. The van der Waals surface area contributed by atoms with E-state index in [1.807, 2.05) is 13.0 Å². The fourth-order valence-corrected chi connectivity index (χ4v) is 3.05. The zero-order valence-corrected chi connectivity index (χ0v) is 13.1. The Morgan fingerprint density at radius 1 is 1.13 bits per heavy atom. The maximum atomic E-state index is 5.30. The van der Waals surface area contributed by atoms with Crippen molar-refractivity contribution in [2.24, 2.45) is 0 Å². The first-order valence-electron chi connectivity index (χ1n) is 7.59. The summed E-state index contributed by atoms with van der Waals surface area (Å²) in [6, 6.07) is 6.55. The second kappa shape index (κ2) is 5.46. The molecule has 0 fully saturated rings. The summed E-state index contributed by atoms with van der Waals surface area (Å²) in [5, 5.41) is 3.50. The third-order valence-corrected chi connectivity index (χ3v) is 4.15. The predicted octanol–water partition coefficient (Wildman–Crippen LogP) is 2.32. The van der Waals surface area contributed by atoms with Crippen LogP contribution < -0.4 is 10.1 Å². The van der Waals surface area contributed by atoms with E-state index in [-0.39, 0.29) is 6.04 Å². The summed E-state index contributed by atoms with van der Waals surface area (Å²) >= 11 is 0. The standard InChI is InChI=1S/C17H17N5O/c1-10-8-18-16-15(21-10)17(20-9-19-16)22-13-5-11-3-4-14(23-2)7-12(11)6-13/h3-4,7-9,13H,5-6H2,1-2H3,(H,18,19,20,22). The molecule has 1 atom stereocenters. The van der Waals surface area contributed by atoms with Crippen LogP contribution >= 0.6 is 0 Å². The van der Waals surface area contributed by atoms with Crippen molar-refractivity contribution in [1.29, 1.82) is 0 Å². The van der Waals surface area contributed by atoms with E-state index in [9.17, 15) is 0 Å². The molecule has 0 radical (unpaired) electrons. The molecule has 1 aliphatic rings. The number of fused-ring (bicyclic) bond motifs is 2. The van der Waals surface area contributed by atoms with Crippen molar-refractivity contribution in [2.45, 2.75) is 25.8 Å². The van der Waals surface area contributed by atoms with Gasteiger partial charge in [-0.2, -0.15) is 0 Å². The first kappa shape index (κ1) is 13.9. The van der Waals surface area contributed by atoms with Gasteiger partial charge in [-0.25, -0.2) is 19.9 Å². The van der Waals surface area contributed by atoms with Crippen molar-refractivity contribution in [2.75, 3.05) is 12.4 Å². The third kappa shape index (κ3) is 2.56. The summed E-state index contributed by atoms with van der Waals surface area (Å²) in [6.07, 6.45) is 5.15. The zero-order valence-electron chi connectivity index (χ0n) is 13.1. The summed E-state index contributed by atoms with van der Waals surface area (Å²) in [4.78, 5) is 17.4. The van der Waals surface area contributed by atoms with Crippen molar-refractivity contribution in [1.82, 2.24) is 19.9 Å². The monoisotopic (exact) mass is 307 g/mol. The van der Waals surface area contributed by atoms with Crippen molar-refractivity contribution < 1.29 is 4.74 Å². The molecule has 3 aromatic rings. The van der Waals surface area contributed by atoms with Gasteiger partial charge in [0.25, 0.3) is 0 Å². The fourth-order valence-electron chi connectivity index (χ4n) is 3.05. The minimum atomic E-state index is 0.289. The van der Waals surface area contributed by atoms with E-state index < -0.39 is 0 Å². The molecule has 0 saturated carbocycles. The molecule has 1 aromatic carbocycles. The lowest BCUT2D eigenvalue weighted by Gasteiger charge is -2.13. The number of benzene rings is 1. The van der Waals surface area contributed by atoms with Gasteiger partial charge in [0.15, 0.2) is 17.0 Å². The highest BCUT2D eigenvalue weighted by Crippen LogP contribution is 2.28. The topological polar surface area (TPSA) is 72.8 Å². The van der Waals surface area contributed by atoms with Crippen molar-refractivity contribution >= 4 is 17.0 Å². The largest absolute Gasteiger partial charge is 0.497 e. The van der Waals surface area contributed by atoms with E-state index in [2.05, 4.69) is 37.4 Å². The molecule has 23 heavy (non-hydrogen) atoms. The second-order valence-corrected chi connectivity index (χ2v) is 5.79. The van der Waals surface area contributed by atoms with Crippen LogP contribution in [0.15, 0.2) is 30.7 Å². The van der Waals surface area contributed by atoms with Crippen LogP contribution in [0.2, 0.25) is 0 Å². The van der Waals surface area contributed by atoms with E-state index in [0.29, 0.717) is 5.65 Å². The number of aromatic nitrogens is 4. The molecule has 4 rings (SSSR count). The Morgan fingerprint density at radius 2 is 2.00 bits per heavy atom. The average molecular weight is 307 g/mol. The molecule has 0 aliphatic heterocycles. The summed E-state index contributed by atoms with van der Waals surface area (Å²) in [7, 11) is 1.69. The number of nitrogens with zero attached hydrogens (tertiary/aromatic N) is 4. The van der Waals surface area contributed by atoms with Crippen LogP contribution in [0.25, 0.3) is 11.2 Å². The zero-order chi connectivity index (χ0) is 15.8. The lowest BCUT2D eigenvalue weighted by atomic mass is 10.1. The van der Waals surface area contributed by atoms with Crippen LogP contribution in [0, 0.1) is 6.92 Å². The first-order chi connectivity index (χ1) is 11.2. The number of nitrogens with one attached hydrogen (secondary N) is 1. The SMILES string of the molecule is COc1ccc2c(c1)CC(Nc1ncnc3ncc(C)nc13)C2. The molecule has 6 heteroatoms. The summed E-state index contributed by atoms with van der Waals surface area (Å²) in [5.41, 5.74) is 4.87. The number of hydrogen-bond acceptors (Lipinski definition) is 6. The van der Waals surface area contributed by atoms with Gasteiger partial charge in [-0.15, -0.1) is 0 Å². The Balaban J connectivity index is 1.61. The molecular formula is C17H17N5O. The summed E-state index contributed by atoms with van der Waals surface area (Å²) in [5.74, 6) is 1.65. The van der Waals surface area contributed by atoms with Gasteiger partial charge in [0.1, 0.15) is 12.1 Å². The molecular weight excluding hydrogens is 290 g/mol. The van der Waals surface area contributed by atoms with Gasteiger partial charge in [0, 0.05) is 6.04 Å². The Kier molecular flexibility index (Phi) is 3.29. The number of methoxy groups -OCH3 is 1. The number of aryl methyl sites for hydroxylation is 1. The maximum Gasteiger partial charge on any atom is 0.183 e. The van der Waals surface area contributed by atoms with Gasteiger partial charge in [0.05, 0.1) is 19.0 Å². The van der Waals surface area contributed by atoms with E-state index in [1.54, 1.807) is 13.3 Å². The first-order valence-corrected chi connectivity index (χ1v) is 7.59. The quantitative estimate of drug-likeness (QED) is 0.800. The van der Waals surface area contributed by atoms with Gasteiger partial charge < -0.3 is 10.1 Å². The molecule has 116 valence electrons. The maximum absolute atomic E-state index is 5.30. The molecule has 6 nitrogen and oxygen atoms in total. The second-order valence-electron chi connectivity index (χ2n) is 5.79. The molecule has 0 bridgehead atoms. The molecule has 1 aliphatic carbocycles. The third-order valence-electron chi connectivity index (χ3n) is 4.15. The molecule has 0 spiro atoms. The molecule has 2 heterocycles. The lowest BCUT2D eigenvalue weighted by Crippen LogP contribution is -2.20. The van der Waals surface area contributed by atoms with E-state index in [4.69, 9.17) is 4.74 Å². The van der Waals surface area contributed by atoms with Gasteiger partial charge in [-0.05, 0) is 43.0 Å². The predicted molar refractivity (Wildman–Crippen MR) is 87.7 cm³/mol. The summed E-state index contributed by atoms with van der Waals surface area (Å²) in [6.45, 7) is 1.92. The van der Waals surface area contributed by atoms with E-state index in [0.717, 1.165) is 35.6 Å². The Bertz CT molecular complexity index is 880. The van der Waals surface area contributed by atoms with Gasteiger partial charge in [0.2, 0.25) is 0 Å². The highest BCUT2D eigenvalue weighted by molar-refractivity contribution is 5.81. The van der Waals surface area contributed by atoms with Gasteiger partial charge >= 0.3 is 0 Å². The molecule has 1 N–H and O–H groups in total. The Labute approximate surface area is 134 Å². The highest BCUT2D eigenvalue weighted by atomic mass is 16.5. The summed E-state index contributed by atoms with van der Waals surface area (Å²) < 4.78 is 5.30. The van der Waals surface area contributed by atoms with Crippen LogP contribution in [-0.4, -0.2) is 33.1 Å². The van der Waals surface area contributed by atoms with Crippen LogP contribution in [0.4, 0.5) is 5.82 Å². The molecule has 1 unspecified atom stereocenters. The van der Waals surface area contributed by atoms with Crippen molar-refractivity contribution in [3.05, 3.63) is 47.5 Å². The normalized spacial score (nSPS) is 16.3. The smallest absolute Gasteiger partial charge is 0.183 e. The fraction of sp³-hybridized carbons (Fsp3) is 0.294. The average Bonchev–Trinajstić information content (AvgIpc) is 2.96. The van der Waals surface area contributed by atoms with Crippen LogP contribution in [0.3, 0.4) is 0 Å². The lowest BCUT2D eigenvalue weighted by molar-refractivity contribution is 0.414. The van der Waals surface area contributed by atoms with E-state index in [1.165, 1.54) is 17.5 Å². The highest BCUT2D eigenvalue weighted by Gasteiger charge is 2.23.